The highest BCUT2D eigenvalue weighted by molar-refractivity contribution is 8.15. The molecule has 0 spiro atoms. The Kier molecular flexibility index (Phi) is 4.92. The van der Waals surface area contributed by atoms with E-state index >= 15 is 0 Å². The second-order valence-electron chi connectivity index (χ2n) is 5.07. The molecule has 1 fully saturated rings. The van der Waals surface area contributed by atoms with Crippen molar-refractivity contribution < 1.29 is 9.21 Å². The highest BCUT2D eigenvalue weighted by Gasteiger charge is 2.36. The Morgan fingerprint density at radius 2 is 2.09 bits per heavy atom. The second-order valence-corrected chi connectivity index (χ2v) is 6.24. The quantitative estimate of drug-likeness (QED) is 0.623. The smallest absolute Gasteiger partial charge is 0.242 e. The molecular weight excluding hydrogens is 310 g/mol. The zero-order valence-corrected chi connectivity index (χ0v) is 13.6. The lowest BCUT2D eigenvalue weighted by atomic mass is 10.2. The van der Waals surface area contributed by atoms with Gasteiger partial charge in [-0.3, -0.25) is 9.69 Å². The fourth-order valence-corrected chi connectivity index (χ4v) is 3.28. The maximum atomic E-state index is 12.5. The molecule has 1 aromatic heterocycles. The standard InChI is InChI=1S/C17H17N3O2S/c1-2-15-16(21)20(12-13-7-4-3-5-8-13)17(23-15)19-18-11-14-9-6-10-22-14/h3-11,15H,2,12H2,1H3. The van der Waals surface area contributed by atoms with Gasteiger partial charge in [0.2, 0.25) is 5.91 Å². The van der Waals surface area contributed by atoms with Gasteiger partial charge in [-0.15, -0.1) is 5.10 Å². The van der Waals surface area contributed by atoms with Gasteiger partial charge in [-0.1, -0.05) is 49.0 Å². The Hall–Kier alpha value is -2.34. The highest BCUT2D eigenvalue weighted by Crippen LogP contribution is 2.30. The van der Waals surface area contributed by atoms with Crippen LogP contribution in [0.1, 0.15) is 24.7 Å². The van der Waals surface area contributed by atoms with Crippen molar-refractivity contribution in [3.63, 3.8) is 0 Å². The van der Waals surface area contributed by atoms with E-state index in [2.05, 4.69) is 10.2 Å². The molecule has 3 rings (SSSR count). The molecule has 6 heteroatoms. The van der Waals surface area contributed by atoms with Gasteiger partial charge in [-0.25, -0.2) is 0 Å². The number of thioether (sulfide) groups is 1. The van der Waals surface area contributed by atoms with Crippen molar-refractivity contribution in [3.05, 3.63) is 60.1 Å². The van der Waals surface area contributed by atoms with Gasteiger partial charge in [0.05, 0.1) is 24.3 Å². The van der Waals surface area contributed by atoms with Crippen LogP contribution >= 0.6 is 11.8 Å². The van der Waals surface area contributed by atoms with Crippen LogP contribution in [0.5, 0.6) is 0 Å². The van der Waals surface area contributed by atoms with E-state index in [4.69, 9.17) is 4.42 Å². The summed E-state index contributed by atoms with van der Waals surface area (Å²) >= 11 is 1.47. The van der Waals surface area contributed by atoms with Crippen LogP contribution in [-0.4, -0.2) is 27.4 Å². The van der Waals surface area contributed by atoms with Crippen LogP contribution in [0.25, 0.3) is 0 Å². The molecule has 23 heavy (non-hydrogen) atoms. The van der Waals surface area contributed by atoms with Gasteiger partial charge in [0.15, 0.2) is 5.17 Å². The maximum Gasteiger partial charge on any atom is 0.242 e. The van der Waals surface area contributed by atoms with Crippen molar-refractivity contribution in [2.24, 2.45) is 10.2 Å². The Labute approximate surface area is 139 Å². The average molecular weight is 327 g/mol. The molecular formula is C17H17N3O2S. The molecule has 2 heterocycles. The fraction of sp³-hybridized carbons (Fsp3) is 0.235. The van der Waals surface area contributed by atoms with E-state index in [1.165, 1.54) is 18.0 Å². The van der Waals surface area contributed by atoms with Crippen molar-refractivity contribution >= 4 is 29.1 Å². The van der Waals surface area contributed by atoms with Crippen LogP contribution in [0.15, 0.2) is 63.3 Å². The number of hydrogen-bond acceptors (Lipinski definition) is 5. The molecule has 1 saturated heterocycles. The number of benzene rings is 1. The number of amides is 1. The van der Waals surface area contributed by atoms with Gasteiger partial charge in [0.25, 0.3) is 0 Å². The third-order valence-electron chi connectivity index (χ3n) is 3.45. The highest BCUT2D eigenvalue weighted by atomic mass is 32.2. The molecule has 0 radical (unpaired) electrons. The van der Waals surface area contributed by atoms with Crippen LogP contribution in [0.2, 0.25) is 0 Å². The molecule has 0 N–H and O–H groups in total. The first kappa shape index (κ1) is 15.6. The van der Waals surface area contributed by atoms with Gasteiger partial charge >= 0.3 is 0 Å². The lowest BCUT2D eigenvalue weighted by Gasteiger charge is -2.15. The average Bonchev–Trinajstić information content (AvgIpc) is 3.19. The molecule has 1 atom stereocenters. The first-order valence-corrected chi connectivity index (χ1v) is 8.32. The zero-order valence-electron chi connectivity index (χ0n) is 12.8. The van der Waals surface area contributed by atoms with Crippen LogP contribution in [-0.2, 0) is 11.3 Å². The molecule has 0 bridgehead atoms. The molecule has 1 aliphatic heterocycles. The SMILES string of the molecule is CCC1SC(=NN=Cc2ccco2)N(Cc2ccccc2)C1=O. The molecule has 1 aliphatic rings. The number of carbonyl (C=O) groups excluding carboxylic acids is 1. The van der Waals surface area contributed by atoms with Crippen LogP contribution in [0.3, 0.4) is 0 Å². The predicted molar refractivity (Wildman–Crippen MR) is 92.4 cm³/mol. The van der Waals surface area contributed by atoms with E-state index in [0.717, 1.165) is 12.0 Å². The van der Waals surface area contributed by atoms with Gasteiger partial charge in [-0.2, -0.15) is 5.10 Å². The van der Waals surface area contributed by atoms with Crippen molar-refractivity contribution in [3.8, 4) is 0 Å². The third kappa shape index (κ3) is 3.71. The second kappa shape index (κ2) is 7.28. The summed E-state index contributed by atoms with van der Waals surface area (Å²) in [5.74, 6) is 0.721. The van der Waals surface area contributed by atoms with E-state index in [0.29, 0.717) is 17.5 Å². The van der Waals surface area contributed by atoms with Crippen LogP contribution < -0.4 is 0 Å². The number of amidine groups is 1. The summed E-state index contributed by atoms with van der Waals surface area (Å²) in [7, 11) is 0. The minimum absolute atomic E-state index is 0.0868. The summed E-state index contributed by atoms with van der Waals surface area (Å²) < 4.78 is 5.18. The molecule has 1 aromatic carbocycles. The lowest BCUT2D eigenvalue weighted by molar-refractivity contribution is -0.126. The Morgan fingerprint density at radius 3 is 2.78 bits per heavy atom. The first-order chi connectivity index (χ1) is 11.3. The van der Waals surface area contributed by atoms with Crippen LogP contribution in [0.4, 0.5) is 0 Å². The number of carbonyl (C=O) groups is 1. The summed E-state index contributed by atoms with van der Waals surface area (Å²) in [6.45, 7) is 2.52. The lowest BCUT2D eigenvalue weighted by Crippen LogP contribution is -2.31. The zero-order chi connectivity index (χ0) is 16.1. The predicted octanol–water partition coefficient (Wildman–Crippen LogP) is 3.52. The van der Waals surface area contributed by atoms with Crippen molar-refractivity contribution in [2.45, 2.75) is 25.1 Å². The fourth-order valence-electron chi connectivity index (χ4n) is 2.26. The Morgan fingerprint density at radius 1 is 1.26 bits per heavy atom. The summed E-state index contributed by atoms with van der Waals surface area (Å²) in [6, 6.07) is 13.5. The molecule has 0 saturated carbocycles. The Balaban J connectivity index is 1.79. The molecule has 2 aromatic rings. The van der Waals surface area contributed by atoms with E-state index < -0.39 is 0 Å². The van der Waals surface area contributed by atoms with Gasteiger partial charge in [0.1, 0.15) is 5.76 Å². The van der Waals surface area contributed by atoms with Crippen LogP contribution in [0, 0.1) is 0 Å². The van der Waals surface area contributed by atoms with Crippen molar-refractivity contribution in [2.75, 3.05) is 0 Å². The number of hydrogen-bond donors (Lipinski definition) is 0. The Bertz CT molecular complexity index is 711. The summed E-state index contributed by atoms with van der Waals surface area (Å²) in [5.41, 5.74) is 1.07. The molecule has 118 valence electrons. The normalized spacial score (nSPS) is 20.0. The van der Waals surface area contributed by atoms with Gasteiger partial charge < -0.3 is 4.42 Å². The number of furan rings is 1. The van der Waals surface area contributed by atoms with Gasteiger partial charge in [0, 0.05) is 0 Å². The number of nitrogens with zero attached hydrogens (tertiary/aromatic N) is 3. The summed E-state index contributed by atoms with van der Waals surface area (Å²) in [4.78, 5) is 14.2. The summed E-state index contributed by atoms with van der Waals surface area (Å²) in [5, 5.41) is 8.81. The van der Waals surface area contributed by atoms with Crippen molar-refractivity contribution in [1.29, 1.82) is 0 Å². The minimum atomic E-state index is -0.0868. The van der Waals surface area contributed by atoms with E-state index in [1.807, 2.05) is 37.3 Å². The number of rotatable bonds is 5. The minimum Gasteiger partial charge on any atom is -0.463 e. The maximum absolute atomic E-state index is 12.5. The van der Waals surface area contributed by atoms with E-state index in [1.54, 1.807) is 23.3 Å². The van der Waals surface area contributed by atoms with E-state index in [9.17, 15) is 4.79 Å². The largest absolute Gasteiger partial charge is 0.463 e. The third-order valence-corrected chi connectivity index (χ3v) is 4.78. The molecule has 5 nitrogen and oxygen atoms in total. The monoisotopic (exact) mass is 327 g/mol. The van der Waals surface area contributed by atoms with E-state index in [-0.39, 0.29) is 11.2 Å². The molecule has 1 unspecified atom stereocenters. The molecule has 1 amide bonds. The molecule has 0 aliphatic carbocycles. The first-order valence-electron chi connectivity index (χ1n) is 7.44. The van der Waals surface area contributed by atoms with Crippen molar-refractivity contribution in [1.82, 2.24) is 4.90 Å². The topological polar surface area (TPSA) is 58.2 Å². The van der Waals surface area contributed by atoms with Gasteiger partial charge in [-0.05, 0) is 24.1 Å². The summed E-state index contributed by atoms with van der Waals surface area (Å²) in [6.07, 6.45) is 3.89.